The van der Waals surface area contributed by atoms with E-state index in [1.165, 1.54) is 31.5 Å². The maximum Gasteiger partial charge on any atom is 0.128 e. The molecule has 1 aliphatic rings. The molecule has 0 saturated carbocycles. The average Bonchev–Trinajstić information content (AvgIpc) is 2.88. The number of nitrogens with zero attached hydrogens (tertiary/aromatic N) is 3. The molecule has 1 unspecified atom stereocenters. The van der Waals surface area contributed by atoms with Crippen molar-refractivity contribution in [2.75, 3.05) is 31.1 Å². The summed E-state index contributed by atoms with van der Waals surface area (Å²) in [4.78, 5) is 9.60. The lowest BCUT2D eigenvalue weighted by atomic mass is 10.1. The van der Waals surface area contributed by atoms with Crippen LogP contribution in [0.4, 0.5) is 5.82 Å². The van der Waals surface area contributed by atoms with Crippen LogP contribution in [0.3, 0.4) is 0 Å². The molecule has 3 nitrogen and oxygen atoms in total. The average molecular weight is 275 g/mol. The van der Waals surface area contributed by atoms with Crippen LogP contribution < -0.4 is 4.90 Å². The van der Waals surface area contributed by atoms with Crippen molar-refractivity contribution in [1.29, 1.82) is 0 Å². The summed E-state index contributed by atoms with van der Waals surface area (Å²) in [6, 6.07) is 5.05. The van der Waals surface area contributed by atoms with E-state index in [1.807, 2.05) is 0 Å². The molecule has 1 aromatic heterocycles. The highest BCUT2D eigenvalue weighted by Gasteiger charge is 2.26. The Morgan fingerprint density at radius 1 is 1.30 bits per heavy atom. The minimum atomic E-state index is 0.579. The zero-order chi connectivity index (χ0) is 14.5. The highest BCUT2D eigenvalue weighted by molar-refractivity contribution is 5.39. The largest absolute Gasteiger partial charge is 0.357 e. The van der Waals surface area contributed by atoms with Crippen molar-refractivity contribution in [3.63, 3.8) is 0 Å². The Morgan fingerprint density at radius 3 is 2.60 bits per heavy atom. The van der Waals surface area contributed by atoms with Crippen molar-refractivity contribution in [1.82, 2.24) is 9.88 Å². The molecular formula is C17H29N3. The van der Waals surface area contributed by atoms with E-state index in [4.69, 9.17) is 0 Å². The maximum atomic E-state index is 4.68. The monoisotopic (exact) mass is 275 g/mol. The van der Waals surface area contributed by atoms with E-state index in [0.29, 0.717) is 6.04 Å². The lowest BCUT2D eigenvalue weighted by Crippen LogP contribution is -2.27. The van der Waals surface area contributed by atoms with Gasteiger partial charge in [-0.25, -0.2) is 4.98 Å². The van der Waals surface area contributed by atoms with E-state index >= 15 is 0 Å². The molecule has 1 saturated heterocycles. The van der Waals surface area contributed by atoms with Crippen molar-refractivity contribution in [2.45, 2.75) is 46.6 Å². The first kappa shape index (κ1) is 15.3. The summed E-state index contributed by atoms with van der Waals surface area (Å²) in [6.07, 6.45) is 4.69. The minimum absolute atomic E-state index is 0.579. The van der Waals surface area contributed by atoms with Crippen molar-refractivity contribution in [3.8, 4) is 0 Å². The summed E-state index contributed by atoms with van der Waals surface area (Å²) in [5, 5.41) is 0. The highest BCUT2D eigenvalue weighted by atomic mass is 15.2. The molecule has 112 valence electrons. The van der Waals surface area contributed by atoms with Crippen molar-refractivity contribution in [2.24, 2.45) is 5.92 Å². The van der Waals surface area contributed by atoms with Gasteiger partial charge in [-0.2, -0.15) is 0 Å². The number of hydrogen-bond donors (Lipinski definition) is 0. The van der Waals surface area contributed by atoms with Crippen LogP contribution in [0, 0.1) is 5.92 Å². The fraction of sp³-hybridized carbons (Fsp3) is 0.706. The second kappa shape index (κ2) is 7.07. The smallest absolute Gasteiger partial charge is 0.128 e. The lowest BCUT2D eigenvalue weighted by Gasteiger charge is -2.27. The number of rotatable bonds is 6. The zero-order valence-corrected chi connectivity index (χ0v) is 13.5. The van der Waals surface area contributed by atoms with E-state index in [1.54, 1.807) is 0 Å². The molecule has 1 aliphatic heterocycles. The third-order valence-electron chi connectivity index (χ3n) is 4.21. The van der Waals surface area contributed by atoms with Crippen LogP contribution in [0.1, 0.15) is 52.1 Å². The molecule has 1 atom stereocenters. The molecule has 1 fully saturated rings. The molecule has 1 aromatic rings. The van der Waals surface area contributed by atoms with Crippen LogP contribution in [0.5, 0.6) is 0 Å². The third kappa shape index (κ3) is 3.51. The Morgan fingerprint density at radius 2 is 2.05 bits per heavy atom. The molecule has 0 radical (unpaired) electrons. The molecular weight excluding hydrogens is 246 g/mol. The number of likely N-dealkylation sites (tertiary alicyclic amines) is 1. The summed E-state index contributed by atoms with van der Waals surface area (Å²) in [7, 11) is 0. The summed E-state index contributed by atoms with van der Waals surface area (Å²) in [5.74, 6) is 1.84. The van der Waals surface area contributed by atoms with E-state index in [2.05, 4.69) is 60.8 Å². The summed E-state index contributed by atoms with van der Waals surface area (Å²) < 4.78 is 0. The van der Waals surface area contributed by atoms with Crippen LogP contribution in [0.2, 0.25) is 0 Å². The van der Waals surface area contributed by atoms with E-state index in [-0.39, 0.29) is 0 Å². The molecule has 0 aromatic carbocycles. The zero-order valence-electron chi connectivity index (χ0n) is 13.5. The van der Waals surface area contributed by atoms with Crippen LogP contribution in [-0.2, 0) is 0 Å². The molecule has 2 heterocycles. The Hall–Kier alpha value is -1.09. The van der Waals surface area contributed by atoms with Crippen molar-refractivity contribution < 1.29 is 0 Å². The predicted octanol–water partition coefficient (Wildman–Crippen LogP) is 3.72. The highest BCUT2D eigenvalue weighted by Crippen LogP contribution is 2.32. The van der Waals surface area contributed by atoms with Crippen molar-refractivity contribution >= 4 is 5.82 Å². The lowest BCUT2D eigenvalue weighted by molar-refractivity contribution is 0.228. The molecule has 0 N–H and O–H groups in total. The Kier molecular flexibility index (Phi) is 5.41. The molecule has 0 aliphatic carbocycles. The second-order valence-corrected chi connectivity index (χ2v) is 6.17. The van der Waals surface area contributed by atoms with Gasteiger partial charge in [0.05, 0.1) is 0 Å². The first-order valence-electron chi connectivity index (χ1n) is 8.10. The molecule has 20 heavy (non-hydrogen) atoms. The predicted molar refractivity (Wildman–Crippen MR) is 86.2 cm³/mol. The van der Waals surface area contributed by atoms with E-state index in [0.717, 1.165) is 24.8 Å². The number of hydrogen-bond acceptors (Lipinski definition) is 3. The number of aromatic nitrogens is 1. The summed E-state index contributed by atoms with van der Waals surface area (Å²) in [6.45, 7) is 13.4. The fourth-order valence-corrected chi connectivity index (χ4v) is 3.22. The van der Waals surface area contributed by atoms with Gasteiger partial charge in [0.2, 0.25) is 0 Å². The van der Waals surface area contributed by atoms with Gasteiger partial charge in [0.25, 0.3) is 0 Å². The van der Waals surface area contributed by atoms with Gasteiger partial charge in [-0.1, -0.05) is 19.9 Å². The second-order valence-electron chi connectivity index (χ2n) is 6.17. The molecule has 0 amide bonds. The van der Waals surface area contributed by atoms with Crippen LogP contribution in [-0.4, -0.2) is 36.1 Å². The summed E-state index contributed by atoms with van der Waals surface area (Å²) in [5.41, 5.74) is 1.39. The van der Waals surface area contributed by atoms with Gasteiger partial charge in [-0.3, -0.25) is 4.90 Å². The summed E-state index contributed by atoms with van der Waals surface area (Å²) >= 11 is 0. The number of pyridine rings is 1. The van der Waals surface area contributed by atoms with Crippen LogP contribution in [0.25, 0.3) is 0 Å². The SMILES string of the molecule is CCN(CC)c1ccc(C2CCCN2CC(C)C)cn1. The van der Waals surface area contributed by atoms with Crippen molar-refractivity contribution in [3.05, 3.63) is 23.9 Å². The first-order valence-corrected chi connectivity index (χ1v) is 8.10. The maximum absolute atomic E-state index is 4.68. The van der Waals surface area contributed by atoms with Gasteiger partial charge in [0.15, 0.2) is 0 Å². The Balaban J connectivity index is 2.09. The normalized spacial score (nSPS) is 19.8. The van der Waals surface area contributed by atoms with Gasteiger partial charge in [0.1, 0.15) is 5.82 Å². The third-order valence-corrected chi connectivity index (χ3v) is 4.21. The topological polar surface area (TPSA) is 19.4 Å². The van der Waals surface area contributed by atoms with Crippen LogP contribution in [0.15, 0.2) is 18.3 Å². The van der Waals surface area contributed by atoms with Gasteiger partial charge in [-0.05, 0) is 50.8 Å². The minimum Gasteiger partial charge on any atom is -0.357 e. The van der Waals surface area contributed by atoms with Gasteiger partial charge in [-0.15, -0.1) is 0 Å². The molecule has 0 bridgehead atoms. The van der Waals surface area contributed by atoms with Gasteiger partial charge in [0, 0.05) is 31.9 Å². The number of anilines is 1. The quantitative estimate of drug-likeness (QED) is 0.789. The standard InChI is InChI=1S/C17H29N3/c1-5-19(6-2)17-10-9-15(12-18-17)16-8-7-11-20(16)13-14(3)4/h9-10,12,14,16H,5-8,11,13H2,1-4H3. The molecule has 3 heteroatoms. The van der Waals surface area contributed by atoms with E-state index < -0.39 is 0 Å². The van der Waals surface area contributed by atoms with Gasteiger partial charge < -0.3 is 4.90 Å². The van der Waals surface area contributed by atoms with E-state index in [9.17, 15) is 0 Å². The molecule has 2 rings (SSSR count). The molecule has 0 spiro atoms. The Labute approximate surface area is 124 Å². The Bertz CT molecular complexity index is 395. The first-order chi connectivity index (χ1) is 9.65. The van der Waals surface area contributed by atoms with Gasteiger partial charge >= 0.3 is 0 Å². The fourth-order valence-electron chi connectivity index (χ4n) is 3.22. The van der Waals surface area contributed by atoms with Crippen LogP contribution >= 0.6 is 0 Å².